The van der Waals surface area contributed by atoms with E-state index in [1.807, 2.05) is 30.5 Å². The third kappa shape index (κ3) is 2.54. The van der Waals surface area contributed by atoms with Crippen molar-refractivity contribution in [1.29, 1.82) is 0 Å². The second kappa shape index (κ2) is 6.20. The van der Waals surface area contributed by atoms with E-state index in [1.165, 1.54) is 11.1 Å². The van der Waals surface area contributed by atoms with Crippen LogP contribution < -0.4 is 4.74 Å². The highest BCUT2D eigenvalue weighted by atomic mass is 16.5. The Kier molecular flexibility index (Phi) is 3.75. The van der Waals surface area contributed by atoms with Crippen LogP contribution in [0.5, 0.6) is 5.75 Å². The van der Waals surface area contributed by atoms with Crippen LogP contribution in [-0.2, 0) is 0 Å². The number of nitrogens with zero attached hydrogens (tertiary/aromatic N) is 2. The summed E-state index contributed by atoms with van der Waals surface area (Å²) in [7, 11) is 1.69. The average molecular weight is 314 g/mol. The van der Waals surface area contributed by atoms with E-state index in [0.29, 0.717) is 0 Å². The molecule has 3 aromatic carbocycles. The molecule has 0 amide bonds. The molecule has 0 fully saturated rings. The second-order valence-corrected chi connectivity index (χ2v) is 5.73. The lowest BCUT2D eigenvalue weighted by Gasteiger charge is -2.20. The fourth-order valence-electron chi connectivity index (χ4n) is 3.09. The zero-order chi connectivity index (χ0) is 16.4. The quantitative estimate of drug-likeness (QED) is 0.547. The maximum Gasteiger partial charge on any atom is 0.118 e. The molecule has 3 nitrogen and oxygen atoms in total. The summed E-state index contributed by atoms with van der Waals surface area (Å²) in [6.45, 7) is 0. The van der Waals surface area contributed by atoms with Gasteiger partial charge in [0.25, 0.3) is 0 Å². The van der Waals surface area contributed by atoms with Crippen LogP contribution >= 0.6 is 0 Å². The van der Waals surface area contributed by atoms with Crippen LogP contribution in [0.15, 0.2) is 85.1 Å². The van der Waals surface area contributed by atoms with Crippen molar-refractivity contribution in [1.82, 2.24) is 9.78 Å². The molecule has 24 heavy (non-hydrogen) atoms. The van der Waals surface area contributed by atoms with Crippen molar-refractivity contribution in [2.24, 2.45) is 0 Å². The maximum atomic E-state index is 5.29. The molecule has 0 bridgehead atoms. The van der Waals surface area contributed by atoms with E-state index in [1.54, 1.807) is 7.11 Å². The Hall–Kier alpha value is -3.07. The van der Waals surface area contributed by atoms with Crippen molar-refractivity contribution in [2.45, 2.75) is 6.04 Å². The minimum Gasteiger partial charge on any atom is -0.497 e. The lowest BCUT2D eigenvalue weighted by atomic mass is 9.98. The van der Waals surface area contributed by atoms with Crippen LogP contribution in [0.4, 0.5) is 0 Å². The first-order chi connectivity index (χ1) is 11.9. The second-order valence-electron chi connectivity index (χ2n) is 5.73. The number of aromatic nitrogens is 2. The van der Waals surface area contributed by atoms with Gasteiger partial charge in [-0.2, -0.15) is 5.10 Å². The lowest BCUT2D eigenvalue weighted by molar-refractivity contribution is 0.414. The molecule has 0 N–H and O–H groups in total. The monoisotopic (exact) mass is 314 g/mol. The predicted octanol–water partition coefficient (Wildman–Crippen LogP) is 4.68. The van der Waals surface area contributed by atoms with E-state index in [0.717, 1.165) is 16.7 Å². The first kappa shape index (κ1) is 14.5. The Morgan fingerprint density at radius 3 is 2.21 bits per heavy atom. The molecule has 3 heteroatoms. The molecule has 0 saturated heterocycles. The number of para-hydroxylation sites is 1. The van der Waals surface area contributed by atoms with E-state index in [9.17, 15) is 0 Å². The molecule has 1 unspecified atom stereocenters. The number of methoxy groups -OCH3 is 1. The molecule has 0 aliphatic carbocycles. The SMILES string of the molecule is COc1ccc(C(c2ccccc2)n2ncc3ccccc32)cc1. The van der Waals surface area contributed by atoms with Crippen LogP contribution in [0.3, 0.4) is 0 Å². The summed E-state index contributed by atoms with van der Waals surface area (Å²) in [5.41, 5.74) is 3.51. The van der Waals surface area contributed by atoms with Crippen molar-refractivity contribution in [3.63, 3.8) is 0 Å². The summed E-state index contributed by atoms with van der Waals surface area (Å²) in [5, 5.41) is 5.82. The minimum atomic E-state index is 0.0250. The molecule has 0 saturated carbocycles. The van der Waals surface area contributed by atoms with E-state index >= 15 is 0 Å². The van der Waals surface area contributed by atoms with Gasteiger partial charge in [0.15, 0.2) is 0 Å². The van der Waals surface area contributed by atoms with Gasteiger partial charge in [0.2, 0.25) is 0 Å². The molecule has 0 aliphatic rings. The largest absolute Gasteiger partial charge is 0.497 e. The first-order valence-corrected chi connectivity index (χ1v) is 7.98. The van der Waals surface area contributed by atoms with E-state index in [4.69, 9.17) is 4.74 Å². The summed E-state index contributed by atoms with van der Waals surface area (Å²) in [4.78, 5) is 0. The molecular weight excluding hydrogens is 296 g/mol. The van der Waals surface area contributed by atoms with Gasteiger partial charge in [0.1, 0.15) is 11.8 Å². The summed E-state index contributed by atoms with van der Waals surface area (Å²) < 4.78 is 7.38. The molecule has 0 radical (unpaired) electrons. The number of ether oxygens (including phenoxy) is 1. The number of rotatable bonds is 4. The highest BCUT2D eigenvalue weighted by Crippen LogP contribution is 2.30. The van der Waals surface area contributed by atoms with Crippen molar-refractivity contribution in [3.8, 4) is 5.75 Å². The Morgan fingerprint density at radius 2 is 1.46 bits per heavy atom. The highest BCUT2D eigenvalue weighted by Gasteiger charge is 2.19. The Bertz CT molecular complexity index is 942. The van der Waals surface area contributed by atoms with Gasteiger partial charge in [0, 0.05) is 5.39 Å². The van der Waals surface area contributed by atoms with Gasteiger partial charge in [-0.15, -0.1) is 0 Å². The van der Waals surface area contributed by atoms with Crippen molar-refractivity contribution < 1.29 is 4.74 Å². The van der Waals surface area contributed by atoms with Gasteiger partial charge >= 0.3 is 0 Å². The smallest absolute Gasteiger partial charge is 0.118 e. The fourth-order valence-corrected chi connectivity index (χ4v) is 3.09. The molecule has 1 aromatic heterocycles. The topological polar surface area (TPSA) is 27.1 Å². The standard InChI is InChI=1S/C21H18N2O/c1-24-19-13-11-17(12-14-19)21(16-7-3-2-4-8-16)23-20-10-6-5-9-18(20)15-22-23/h2-15,21H,1H3. The van der Waals surface area contributed by atoms with Gasteiger partial charge < -0.3 is 4.74 Å². The summed E-state index contributed by atoms with van der Waals surface area (Å²) in [6.07, 6.45) is 1.93. The van der Waals surface area contributed by atoms with Crippen LogP contribution in [0, 0.1) is 0 Å². The van der Waals surface area contributed by atoms with E-state index in [-0.39, 0.29) is 6.04 Å². The first-order valence-electron chi connectivity index (χ1n) is 7.98. The maximum absolute atomic E-state index is 5.29. The predicted molar refractivity (Wildman–Crippen MR) is 96.4 cm³/mol. The zero-order valence-electron chi connectivity index (χ0n) is 13.5. The molecule has 0 aliphatic heterocycles. The van der Waals surface area contributed by atoms with Gasteiger partial charge in [-0.05, 0) is 29.3 Å². The van der Waals surface area contributed by atoms with Crippen molar-refractivity contribution in [2.75, 3.05) is 7.11 Å². The van der Waals surface area contributed by atoms with Gasteiger partial charge in [-0.1, -0.05) is 60.7 Å². The Balaban J connectivity index is 1.90. The summed E-state index contributed by atoms with van der Waals surface area (Å²) >= 11 is 0. The summed E-state index contributed by atoms with van der Waals surface area (Å²) in [6, 6.07) is 27.0. The Labute approximate surface area is 141 Å². The molecule has 0 spiro atoms. The number of hydrogen-bond acceptors (Lipinski definition) is 2. The lowest BCUT2D eigenvalue weighted by Crippen LogP contribution is -2.13. The van der Waals surface area contributed by atoms with Gasteiger partial charge in [-0.25, -0.2) is 0 Å². The van der Waals surface area contributed by atoms with Gasteiger partial charge in [-0.3, -0.25) is 4.68 Å². The van der Waals surface area contributed by atoms with Crippen LogP contribution in [-0.4, -0.2) is 16.9 Å². The van der Waals surface area contributed by atoms with Crippen molar-refractivity contribution >= 4 is 10.9 Å². The molecule has 118 valence electrons. The van der Waals surface area contributed by atoms with Crippen LogP contribution in [0.25, 0.3) is 10.9 Å². The average Bonchev–Trinajstić information content (AvgIpc) is 3.07. The minimum absolute atomic E-state index is 0.0250. The van der Waals surface area contributed by atoms with Crippen LogP contribution in [0.1, 0.15) is 17.2 Å². The van der Waals surface area contributed by atoms with E-state index < -0.39 is 0 Å². The summed E-state index contributed by atoms with van der Waals surface area (Å²) in [5.74, 6) is 0.857. The molecule has 1 heterocycles. The third-order valence-corrected chi connectivity index (χ3v) is 4.30. The van der Waals surface area contributed by atoms with Gasteiger partial charge in [0.05, 0.1) is 18.8 Å². The van der Waals surface area contributed by atoms with Crippen molar-refractivity contribution in [3.05, 3.63) is 96.2 Å². The Morgan fingerprint density at radius 1 is 0.792 bits per heavy atom. The molecule has 4 aromatic rings. The molecule has 4 rings (SSSR count). The highest BCUT2D eigenvalue weighted by molar-refractivity contribution is 5.78. The number of benzene rings is 3. The molecule has 1 atom stereocenters. The third-order valence-electron chi connectivity index (χ3n) is 4.30. The zero-order valence-corrected chi connectivity index (χ0v) is 13.5. The fraction of sp³-hybridized carbons (Fsp3) is 0.0952. The molecular formula is C21H18N2O. The number of fused-ring (bicyclic) bond motifs is 1. The normalized spacial score (nSPS) is 12.2. The van der Waals surface area contributed by atoms with E-state index in [2.05, 4.69) is 64.4 Å². The van der Waals surface area contributed by atoms with Crippen LogP contribution in [0.2, 0.25) is 0 Å². The number of hydrogen-bond donors (Lipinski definition) is 0.